The molecule has 2 fully saturated rings. The molecule has 202 valence electrons. The number of aryl methyl sites for hydroxylation is 1. The Balaban J connectivity index is 1.27. The summed E-state index contributed by atoms with van der Waals surface area (Å²) in [6.07, 6.45) is 8.90. The number of carbonyl (C=O) groups is 1. The predicted molar refractivity (Wildman–Crippen MR) is 150 cm³/mol. The zero-order chi connectivity index (χ0) is 26.8. The lowest BCUT2D eigenvalue weighted by molar-refractivity contribution is -0.127. The minimum Gasteiger partial charge on any atom is -0.348 e. The highest BCUT2D eigenvalue weighted by atomic mass is 16.2. The summed E-state index contributed by atoms with van der Waals surface area (Å²) in [5, 5.41) is 3.39. The van der Waals surface area contributed by atoms with Crippen molar-refractivity contribution in [1.29, 1.82) is 0 Å². The Morgan fingerprint density at radius 3 is 2.53 bits per heavy atom. The minimum atomic E-state index is -0.167. The van der Waals surface area contributed by atoms with Gasteiger partial charge in [0.2, 0.25) is 11.9 Å². The summed E-state index contributed by atoms with van der Waals surface area (Å²) < 4.78 is 1.61. The van der Waals surface area contributed by atoms with Crippen molar-refractivity contribution in [3.63, 3.8) is 0 Å². The number of amides is 1. The number of rotatable bonds is 10. The maximum absolute atomic E-state index is 12.1. The Bertz CT molecular complexity index is 1330. The molecule has 2 aromatic heterocycles. The molecule has 3 aromatic rings. The van der Waals surface area contributed by atoms with Crippen molar-refractivity contribution in [3.8, 4) is 0 Å². The fraction of sp³-hybridized carbons (Fsp3) is 0.517. The molecule has 1 aliphatic heterocycles. The first kappa shape index (κ1) is 26.2. The number of benzene rings is 1. The summed E-state index contributed by atoms with van der Waals surface area (Å²) in [7, 11) is 2.26. The van der Waals surface area contributed by atoms with Crippen molar-refractivity contribution in [2.75, 3.05) is 25.5 Å². The highest BCUT2D eigenvalue weighted by Gasteiger charge is 2.33. The average Bonchev–Trinajstić information content (AvgIpc) is 3.71. The van der Waals surface area contributed by atoms with Crippen LogP contribution in [0.5, 0.6) is 0 Å². The third kappa shape index (κ3) is 5.53. The van der Waals surface area contributed by atoms with E-state index in [0.29, 0.717) is 35.7 Å². The summed E-state index contributed by atoms with van der Waals surface area (Å²) in [5.74, 6) is 1.35. The maximum atomic E-state index is 12.1. The fourth-order valence-electron chi connectivity index (χ4n) is 5.68. The zero-order valence-corrected chi connectivity index (χ0v) is 22.7. The monoisotopic (exact) mass is 517 g/mol. The molecule has 1 saturated carbocycles. The van der Waals surface area contributed by atoms with Crippen LogP contribution in [0, 0.1) is 5.92 Å². The quantitative estimate of drug-likeness (QED) is 0.390. The molecule has 9 nitrogen and oxygen atoms in total. The number of nitrogens with zero attached hydrogens (tertiary/aromatic N) is 5. The van der Waals surface area contributed by atoms with Gasteiger partial charge < -0.3 is 15.2 Å². The van der Waals surface area contributed by atoms with Crippen LogP contribution in [0.15, 0.2) is 47.9 Å². The van der Waals surface area contributed by atoms with Crippen LogP contribution in [-0.4, -0.2) is 61.4 Å². The van der Waals surface area contributed by atoms with Crippen LogP contribution in [0.2, 0.25) is 0 Å². The summed E-state index contributed by atoms with van der Waals surface area (Å²) in [5.41, 5.74) is 3.59. The maximum Gasteiger partial charge on any atom is 0.327 e. The third-order valence-electron chi connectivity index (χ3n) is 8.27. The molecule has 2 atom stereocenters. The van der Waals surface area contributed by atoms with Crippen LogP contribution in [0.25, 0.3) is 11.2 Å². The van der Waals surface area contributed by atoms with Gasteiger partial charge in [-0.05, 0) is 63.3 Å². The fourth-order valence-corrected chi connectivity index (χ4v) is 5.68. The Labute approximate surface area is 224 Å². The lowest BCUT2D eigenvalue weighted by atomic mass is 9.94. The van der Waals surface area contributed by atoms with Gasteiger partial charge in [-0.1, -0.05) is 43.7 Å². The molecule has 1 amide bonds. The molecule has 0 bridgehead atoms. The van der Waals surface area contributed by atoms with Gasteiger partial charge in [0.05, 0.1) is 12.2 Å². The number of likely N-dealkylation sites (tertiary alicyclic amines) is 1. The number of anilines is 1. The molecule has 1 unspecified atom stereocenters. The van der Waals surface area contributed by atoms with Crippen LogP contribution in [0.3, 0.4) is 0 Å². The molecular weight excluding hydrogens is 478 g/mol. The second-order valence-corrected chi connectivity index (χ2v) is 10.8. The number of carbonyl (C=O) groups excluding carboxylic acids is 1. The average molecular weight is 518 g/mol. The molecule has 38 heavy (non-hydrogen) atoms. The number of aromatic nitrogens is 4. The van der Waals surface area contributed by atoms with Crippen molar-refractivity contribution in [2.45, 2.75) is 70.6 Å². The molecule has 1 saturated heterocycles. The molecule has 2 N–H and O–H groups in total. The van der Waals surface area contributed by atoms with Crippen molar-refractivity contribution >= 4 is 23.0 Å². The first-order chi connectivity index (χ1) is 18.4. The van der Waals surface area contributed by atoms with Crippen LogP contribution >= 0.6 is 0 Å². The number of piperidine rings is 1. The highest BCUT2D eigenvalue weighted by Crippen LogP contribution is 2.41. The van der Waals surface area contributed by atoms with E-state index in [2.05, 4.69) is 70.0 Å². The van der Waals surface area contributed by atoms with Crippen molar-refractivity contribution < 1.29 is 4.79 Å². The zero-order valence-electron chi connectivity index (χ0n) is 22.7. The summed E-state index contributed by atoms with van der Waals surface area (Å²) in [4.78, 5) is 40.3. The number of aromatic amines is 1. The predicted octanol–water partition coefficient (Wildman–Crippen LogP) is 4.26. The van der Waals surface area contributed by atoms with Crippen LogP contribution in [0.4, 0.5) is 5.95 Å². The van der Waals surface area contributed by atoms with Crippen LogP contribution in [-0.2, 0) is 11.3 Å². The van der Waals surface area contributed by atoms with E-state index in [-0.39, 0.29) is 17.6 Å². The molecule has 1 aromatic carbocycles. The molecular formula is C29H39N7O2. The SMILES string of the molecule is C=CC(=O)N1CCC(N(C)C(CC2CC2)c2ccc([C@H](C)Nc3ncc4[nH]c(=O)n(CC)c4n3)cc2)CC1. The number of hydrogen-bond donors (Lipinski definition) is 2. The molecule has 1 aliphatic carbocycles. The Hall–Kier alpha value is -3.46. The van der Waals surface area contributed by atoms with Gasteiger partial charge in [-0.15, -0.1) is 0 Å². The number of hydrogen-bond acceptors (Lipinski definition) is 6. The van der Waals surface area contributed by atoms with Gasteiger partial charge in [0.1, 0.15) is 5.52 Å². The van der Waals surface area contributed by atoms with Gasteiger partial charge in [0.15, 0.2) is 5.65 Å². The van der Waals surface area contributed by atoms with Gasteiger partial charge >= 0.3 is 5.69 Å². The number of imidazole rings is 1. The second-order valence-electron chi connectivity index (χ2n) is 10.8. The topological polar surface area (TPSA) is 99.2 Å². The van der Waals surface area contributed by atoms with Crippen LogP contribution < -0.4 is 11.0 Å². The summed E-state index contributed by atoms with van der Waals surface area (Å²) in [6.45, 7) is 9.79. The van der Waals surface area contributed by atoms with E-state index in [1.54, 1.807) is 10.8 Å². The summed E-state index contributed by atoms with van der Waals surface area (Å²) >= 11 is 0. The van der Waals surface area contributed by atoms with Gasteiger partial charge in [0.25, 0.3) is 0 Å². The molecule has 3 heterocycles. The van der Waals surface area contributed by atoms with E-state index in [4.69, 9.17) is 0 Å². The molecule has 0 spiro atoms. The van der Waals surface area contributed by atoms with Crippen molar-refractivity contribution in [3.05, 3.63) is 64.7 Å². The van der Waals surface area contributed by atoms with Crippen molar-refractivity contribution in [2.24, 2.45) is 5.92 Å². The highest BCUT2D eigenvalue weighted by molar-refractivity contribution is 5.87. The second kappa shape index (κ2) is 11.1. The number of fused-ring (bicyclic) bond motifs is 1. The molecule has 2 aliphatic rings. The van der Waals surface area contributed by atoms with Crippen molar-refractivity contribution in [1.82, 2.24) is 29.3 Å². The minimum absolute atomic E-state index is 0.00794. The van der Waals surface area contributed by atoms with Gasteiger partial charge in [-0.3, -0.25) is 14.3 Å². The number of nitrogens with one attached hydrogen (secondary N) is 2. The molecule has 0 radical (unpaired) electrons. The van der Waals surface area contributed by atoms with Gasteiger partial charge in [-0.25, -0.2) is 9.78 Å². The van der Waals surface area contributed by atoms with E-state index in [0.717, 1.165) is 37.4 Å². The lowest BCUT2D eigenvalue weighted by Gasteiger charge is -2.40. The normalized spacial score (nSPS) is 18.1. The first-order valence-electron chi connectivity index (χ1n) is 13.8. The number of H-pyrrole nitrogens is 1. The molecule has 9 heteroatoms. The van der Waals surface area contributed by atoms with E-state index in [1.165, 1.54) is 30.9 Å². The Kier molecular flexibility index (Phi) is 7.65. The first-order valence-corrected chi connectivity index (χ1v) is 13.8. The standard InChI is InChI=1S/C29H39N7O2/c1-5-26(37)35-15-13-23(14-16-35)34(4)25(17-20-7-8-20)22-11-9-21(10-12-22)19(3)31-28-30-18-24-27(33-28)36(6-2)29(38)32-24/h5,9-12,18-20,23,25H,1,6-8,13-17H2,2-4H3,(H,32,38)(H,30,31,33)/t19-,25?/m0/s1. The van der Waals surface area contributed by atoms with E-state index in [1.807, 2.05) is 11.8 Å². The van der Waals surface area contributed by atoms with Crippen LogP contribution in [0.1, 0.15) is 69.2 Å². The third-order valence-corrected chi connectivity index (χ3v) is 8.27. The lowest BCUT2D eigenvalue weighted by Crippen LogP contribution is -2.46. The molecule has 5 rings (SSSR count). The smallest absolute Gasteiger partial charge is 0.327 e. The largest absolute Gasteiger partial charge is 0.348 e. The van der Waals surface area contributed by atoms with E-state index >= 15 is 0 Å². The Morgan fingerprint density at radius 1 is 1.21 bits per heavy atom. The van der Waals surface area contributed by atoms with E-state index < -0.39 is 0 Å². The van der Waals surface area contributed by atoms with Gasteiger partial charge in [-0.2, -0.15) is 4.98 Å². The van der Waals surface area contributed by atoms with E-state index in [9.17, 15) is 9.59 Å². The Morgan fingerprint density at radius 2 is 1.89 bits per heavy atom. The summed E-state index contributed by atoms with van der Waals surface area (Å²) in [6, 6.07) is 9.77. The van der Waals surface area contributed by atoms with Gasteiger partial charge in [0, 0.05) is 31.7 Å².